The molecule has 0 bridgehead atoms. The third kappa shape index (κ3) is 2.03. The monoisotopic (exact) mass is 210 g/mol. The molecule has 0 fully saturated rings. The maximum absolute atomic E-state index is 3.29. The number of hydrogen-bond donors (Lipinski definition) is 1. The van der Waals surface area contributed by atoms with Crippen LogP contribution in [-0.4, -0.2) is 12.8 Å². The Hall–Kier alpha value is -1.89. The fraction of sp³-hybridized carbons (Fsp3) is 0.133. The van der Waals surface area contributed by atoms with E-state index in [4.69, 9.17) is 0 Å². The van der Waals surface area contributed by atoms with E-state index in [-0.39, 0.29) is 0 Å². The van der Waals surface area contributed by atoms with E-state index in [2.05, 4.69) is 60.4 Å². The van der Waals surface area contributed by atoms with Crippen LogP contribution in [-0.2, 0) is 0 Å². The molecule has 0 saturated carbocycles. The minimum Gasteiger partial charge on any atom is -0.244 e. The van der Waals surface area contributed by atoms with Gasteiger partial charge >= 0.3 is 0 Å². The van der Waals surface area contributed by atoms with E-state index in [9.17, 15) is 0 Å². The van der Waals surface area contributed by atoms with E-state index < -0.39 is 0 Å². The second-order valence-electron chi connectivity index (χ2n) is 3.81. The smallest absolute Gasteiger partial charge is 0.212 e. The molecule has 0 unspecified atom stereocenters. The van der Waals surface area contributed by atoms with Gasteiger partial charge in [0.25, 0.3) is 0 Å². The van der Waals surface area contributed by atoms with Crippen molar-refractivity contribution in [2.75, 3.05) is 7.05 Å². The van der Waals surface area contributed by atoms with Crippen LogP contribution >= 0.6 is 0 Å². The molecule has 16 heavy (non-hydrogen) atoms. The molecular formula is C15H16N+. The van der Waals surface area contributed by atoms with Crippen LogP contribution in [0.3, 0.4) is 0 Å². The molecular weight excluding hydrogens is 194 g/mol. The molecule has 0 heterocycles. The maximum atomic E-state index is 3.29. The Labute approximate surface area is 96.5 Å². The molecule has 0 amide bonds. The average Bonchev–Trinajstić information content (AvgIpc) is 2.34. The zero-order valence-corrected chi connectivity index (χ0v) is 9.70. The molecule has 0 atom stereocenters. The minimum atomic E-state index is 1.18. The van der Waals surface area contributed by atoms with Crippen LogP contribution in [0.5, 0.6) is 0 Å². The molecule has 0 aliphatic rings. The van der Waals surface area contributed by atoms with Crippen LogP contribution in [0.4, 0.5) is 0 Å². The van der Waals surface area contributed by atoms with Crippen molar-refractivity contribution in [2.45, 2.75) is 6.92 Å². The number of hydrogen-bond acceptors (Lipinski definition) is 0. The summed E-state index contributed by atoms with van der Waals surface area (Å²) in [6.07, 6.45) is 0. The summed E-state index contributed by atoms with van der Waals surface area (Å²) in [7, 11) is 1.97. The zero-order chi connectivity index (χ0) is 11.4. The van der Waals surface area contributed by atoms with Gasteiger partial charge in [0.1, 0.15) is 7.05 Å². The first-order valence-electron chi connectivity index (χ1n) is 5.49. The summed E-state index contributed by atoms with van der Waals surface area (Å²) in [5, 5.41) is 0. The van der Waals surface area contributed by atoms with Crippen molar-refractivity contribution in [3.63, 3.8) is 0 Å². The van der Waals surface area contributed by atoms with Crippen LogP contribution < -0.4 is 4.99 Å². The molecule has 2 aromatic carbocycles. The summed E-state index contributed by atoms with van der Waals surface area (Å²) < 4.78 is 0. The molecule has 1 heteroatoms. The second kappa shape index (κ2) is 4.75. The topological polar surface area (TPSA) is 14.0 Å². The van der Waals surface area contributed by atoms with Crippen LogP contribution in [0, 0.1) is 6.92 Å². The van der Waals surface area contributed by atoms with E-state index in [1.54, 1.807) is 0 Å². The lowest BCUT2D eigenvalue weighted by atomic mass is 9.98. The second-order valence-corrected chi connectivity index (χ2v) is 3.81. The highest BCUT2D eigenvalue weighted by molar-refractivity contribution is 6.09. The van der Waals surface area contributed by atoms with Gasteiger partial charge in [-0.1, -0.05) is 36.4 Å². The molecule has 2 rings (SSSR count). The van der Waals surface area contributed by atoms with Gasteiger partial charge in [-0.05, 0) is 30.7 Å². The minimum absolute atomic E-state index is 1.18. The number of aryl methyl sites for hydroxylation is 1. The number of benzene rings is 2. The van der Waals surface area contributed by atoms with Crippen molar-refractivity contribution in [1.82, 2.24) is 0 Å². The molecule has 0 aliphatic carbocycles. The molecule has 0 spiro atoms. The SMILES string of the molecule is C[NH+]=C(c1ccccc1)c1ccccc1C. The Morgan fingerprint density at radius 3 is 2.12 bits per heavy atom. The molecule has 2 aromatic rings. The quantitative estimate of drug-likeness (QED) is 0.723. The summed E-state index contributed by atoms with van der Waals surface area (Å²) >= 11 is 0. The molecule has 0 aromatic heterocycles. The van der Waals surface area contributed by atoms with Crippen LogP contribution in [0.1, 0.15) is 16.7 Å². The lowest BCUT2D eigenvalue weighted by molar-refractivity contribution is -0.418. The fourth-order valence-electron chi connectivity index (χ4n) is 1.89. The predicted molar refractivity (Wildman–Crippen MR) is 67.7 cm³/mol. The highest BCUT2D eigenvalue weighted by atomic mass is 14.7. The van der Waals surface area contributed by atoms with Crippen LogP contribution in [0.15, 0.2) is 54.6 Å². The molecule has 1 N–H and O–H groups in total. The number of rotatable bonds is 2. The van der Waals surface area contributed by atoms with Gasteiger partial charge in [-0.15, -0.1) is 0 Å². The molecule has 0 radical (unpaired) electrons. The van der Waals surface area contributed by atoms with Crippen LogP contribution in [0.25, 0.3) is 0 Å². The fourth-order valence-corrected chi connectivity index (χ4v) is 1.89. The Balaban J connectivity index is 2.51. The molecule has 1 nitrogen and oxygen atoms in total. The summed E-state index contributed by atoms with van der Waals surface area (Å²) in [5.74, 6) is 0. The van der Waals surface area contributed by atoms with Crippen molar-refractivity contribution in [3.05, 3.63) is 71.3 Å². The van der Waals surface area contributed by atoms with Gasteiger partial charge in [0.05, 0.1) is 0 Å². The summed E-state index contributed by atoms with van der Waals surface area (Å²) in [5.41, 5.74) is 4.95. The Bertz CT molecular complexity index is 498. The third-order valence-corrected chi connectivity index (χ3v) is 2.73. The first kappa shape index (κ1) is 10.6. The van der Waals surface area contributed by atoms with Gasteiger partial charge < -0.3 is 0 Å². The standard InChI is InChI=1S/C15H15N/c1-12-8-6-7-11-14(12)15(16-2)13-9-4-3-5-10-13/h3-11H,1-2H3/p+1. The average molecular weight is 210 g/mol. The Kier molecular flexibility index (Phi) is 3.16. The van der Waals surface area contributed by atoms with Crippen molar-refractivity contribution in [3.8, 4) is 0 Å². The highest BCUT2D eigenvalue weighted by Gasteiger charge is 2.12. The van der Waals surface area contributed by atoms with E-state index in [0.717, 1.165) is 0 Å². The lowest BCUT2D eigenvalue weighted by Gasteiger charge is -2.04. The Morgan fingerprint density at radius 1 is 0.875 bits per heavy atom. The predicted octanol–water partition coefficient (Wildman–Crippen LogP) is 1.54. The van der Waals surface area contributed by atoms with E-state index >= 15 is 0 Å². The van der Waals surface area contributed by atoms with E-state index in [1.165, 1.54) is 22.4 Å². The first-order valence-corrected chi connectivity index (χ1v) is 5.49. The van der Waals surface area contributed by atoms with Gasteiger partial charge in [-0.3, -0.25) is 0 Å². The van der Waals surface area contributed by atoms with Crippen molar-refractivity contribution in [1.29, 1.82) is 0 Å². The third-order valence-electron chi connectivity index (χ3n) is 2.73. The van der Waals surface area contributed by atoms with Gasteiger partial charge in [0.15, 0.2) is 0 Å². The van der Waals surface area contributed by atoms with Gasteiger partial charge in [0.2, 0.25) is 5.71 Å². The van der Waals surface area contributed by atoms with E-state index in [1.807, 2.05) is 13.1 Å². The summed E-state index contributed by atoms with van der Waals surface area (Å²) in [6.45, 7) is 2.13. The summed E-state index contributed by atoms with van der Waals surface area (Å²) in [6, 6.07) is 18.8. The van der Waals surface area contributed by atoms with Gasteiger partial charge in [-0.2, -0.15) is 0 Å². The molecule has 0 saturated heterocycles. The van der Waals surface area contributed by atoms with Crippen LogP contribution in [0.2, 0.25) is 0 Å². The van der Waals surface area contributed by atoms with Crippen molar-refractivity contribution >= 4 is 5.71 Å². The Morgan fingerprint density at radius 2 is 1.50 bits per heavy atom. The van der Waals surface area contributed by atoms with E-state index in [0.29, 0.717) is 0 Å². The van der Waals surface area contributed by atoms with Crippen molar-refractivity contribution in [2.24, 2.45) is 0 Å². The number of nitrogens with one attached hydrogen (secondary N) is 1. The zero-order valence-electron chi connectivity index (χ0n) is 9.70. The largest absolute Gasteiger partial charge is 0.244 e. The highest BCUT2D eigenvalue weighted by Crippen LogP contribution is 2.11. The lowest BCUT2D eigenvalue weighted by Crippen LogP contribution is -2.68. The first-order chi connectivity index (χ1) is 7.83. The molecule has 0 aliphatic heterocycles. The maximum Gasteiger partial charge on any atom is 0.212 e. The molecule has 80 valence electrons. The van der Waals surface area contributed by atoms with Gasteiger partial charge in [0, 0.05) is 11.1 Å². The van der Waals surface area contributed by atoms with Gasteiger partial charge in [-0.25, -0.2) is 4.99 Å². The normalized spacial score (nSPS) is 11.5. The van der Waals surface area contributed by atoms with Crippen molar-refractivity contribution < 1.29 is 4.99 Å². The summed E-state index contributed by atoms with van der Waals surface area (Å²) in [4.78, 5) is 3.29.